The fraction of sp³-hybridized carbons (Fsp3) is 0.800. The van der Waals surface area contributed by atoms with Gasteiger partial charge in [0.1, 0.15) is 0 Å². The average Bonchev–Trinajstić information content (AvgIpc) is 1.63. The summed E-state index contributed by atoms with van der Waals surface area (Å²) < 4.78 is 0. The fourth-order valence-corrected chi connectivity index (χ4v) is 0.540. The third kappa shape index (κ3) is 8.39. The Morgan fingerprint density at radius 2 is 2.10 bits per heavy atom. The number of carboxylic acid groups (broad SMARTS) is 1. The molecule has 10 heavy (non-hydrogen) atoms. The van der Waals surface area contributed by atoms with E-state index in [1.807, 2.05) is 0 Å². The monoisotopic (exact) mass is 156 g/mol. The van der Waals surface area contributed by atoms with Gasteiger partial charge in [0.15, 0.2) is 0 Å². The fourth-order valence-electron chi connectivity index (χ4n) is 0.540. The second kappa shape index (κ2) is 7.50. The predicted molar refractivity (Wildman–Crippen MR) is 41.0 cm³/mol. The van der Waals surface area contributed by atoms with Crippen LogP contribution in [0, 0.1) is 0 Å². The summed E-state index contributed by atoms with van der Waals surface area (Å²) in [5.74, 6) is -0.865. The van der Waals surface area contributed by atoms with Gasteiger partial charge in [0, 0.05) is 6.04 Å². The topological polar surface area (TPSA) is 89.3 Å². The van der Waals surface area contributed by atoms with E-state index < -0.39 is 5.97 Å². The Kier molecular flexibility index (Phi) is 9.76. The third-order valence-electron chi connectivity index (χ3n) is 0.974. The van der Waals surface area contributed by atoms with Gasteiger partial charge in [-0.1, -0.05) is 0 Å². The van der Waals surface area contributed by atoms with Crippen LogP contribution in [0.15, 0.2) is 0 Å². The molecule has 0 saturated heterocycles. The van der Waals surface area contributed by atoms with Crippen LogP contribution in [-0.4, -0.2) is 53.2 Å². The standard InChI is InChI=1S/C5H12N2O2.Na.H/c6-2-1-4(7)3-5(8)9;;/h4H,1-3,6-7H2,(H,8,9);;. The van der Waals surface area contributed by atoms with Gasteiger partial charge in [0.2, 0.25) is 0 Å². The first-order valence-electron chi connectivity index (χ1n) is 2.84. The second-order valence-corrected chi connectivity index (χ2v) is 1.94. The van der Waals surface area contributed by atoms with Gasteiger partial charge >= 0.3 is 35.5 Å². The van der Waals surface area contributed by atoms with Crippen LogP contribution in [0.1, 0.15) is 12.8 Å². The second-order valence-electron chi connectivity index (χ2n) is 1.94. The molecule has 5 heteroatoms. The zero-order chi connectivity index (χ0) is 7.28. The summed E-state index contributed by atoms with van der Waals surface area (Å²) in [7, 11) is 0. The quantitative estimate of drug-likeness (QED) is 0.431. The first kappa shape index (κ1) is 13.0. The van der Waals surface area contributed by atoms with Gasteiger partial charge in [0.05, 0.1) is 6.42 Å². The van der Waals surface area contributed by atoms with Gasteiger partial charge in [-0.3, -0.25) is 4.79 Å². The van der Waals surface area contributed by atoms with Crippen LogP contribution < -0.4 is 11.5 Å². The SMILES string of the molecule is NCCC(N)CC(=O)O.[NaH]. The Morgan fingerprint density at radius 3 is 2.40 bits per heavy atom. The van der Waals surface area contributed by atoms with E-state index in [4.69, 9.17) is 16.6 Å². The predicted octanol–water partition coefficient (Wildman–Crippen LogP) is -1.51. The zero-order valence-corrected chi connectivity index (χ0v) is 5.21. The van der Waals surface area contributed by atoms with Crippen molar-refractivity contribution in [1.29, 1.82) is 0 Å². The molecule has 4 nitrogen and oxygen atoms in total. The van der Waals surface area contributed by atoms with Crippen LogP contribution in [0.25, 0.3) is 0 Å². The van der Waals surface area contributed by atoms with Crippen molar-refractivity contribution in [1.82, 2.24) is 0 Å². The Balaban J connectivity index is 0. The molecular formula is C5H13N2NaO2. The first-order chi connectivity index (χ1) is 4.16. The Bertz CT molecular complexity index is 99.6. The van der Waals surface area contributed by atoms with E-state index in [2.05, 4.69) is 0 Å². The maximum atomic E-state index is 9.96. The molecule has 0 fully saturated rings. The molecule has 1 unspecified atom stereocenters. The zero-order valence-electron chi connectivity index (χ0n) is 5.21. The van der Waals surface area contributed by atoms with Crippen molar-refractivity contribution in [3.8, 4) is 0 Å². The van der Waals surface area contributed by atoms with E-state index in [-0.39, 0.29) is 42.0 Å². The molecule has 56 valence electrons. The van der Waals surface area contributed by atoms with E-state index in [1.165, 1.54) is 0 Å². The molecule has 0 amide bonds. The molecule has 0 heterocycles. The number of hydrogen-bond donors (Lipinski definition) is 3. The minimum absolute atomic E-state index is 0. The average molecular weight is 156 g/mol. The van der Waals surface area contributed by atoms with E-state index in [0.29, 0.717) is 13.0 Å². The van der Waals surface area contributed by atoms with Gasteiger partial charge in [0.25, 0.3) is 0 Å². The molecule has 0 spiro atoms. The number of aliphatic carboxylic acids is 1. The summed E-state index contributed by atoms with van der Waals surface area (Å²) >= 11 is 0. The molecule has 0 saturated carbocycles. The van der Waals surface area contributed by atoms with Gasteiger partial charge in [-0.2, -0.15) is 0 Å². The van der Waals surface area contributed by atoms with Gasteiger partial charge in [-0.25, -0.2) is 0 Å². The molecular weight excluding hydrogens is 143 g/mol. The Labute approximate surface area is 82.2 Å². The molecule has 1 atom stereocenters. The summed E-state index contributed by atoms with van der Waals surface area (Å²) in [5, 5.41) is 8.19. The molecule has 0 aliphatic carbocycles. The molecule has 0 rings (SSSR count). The van der Waals surface area contributed by atoms with Crippen LogP contribution in [0.5, 0.6) is 0 Å². The van der Waals surface area contributed by atoms with E-state index in [9.17, 15) is 4.79 Å². The number of carboxylic acids is 1. The number of nitrogens with two attached hydrogens (primary N) is 2. The van der Waals surface area contributed by atoms with Crippen LogP contribution in [0.3, 0.4) is 0 Å². The molecule has 0 aromatic heterocycles. The van der Waals surface area contributed by atoms with Crippen LogP contribution in [-0.2, 0) is 4.79 Å². The minimum atomic E-state index is -0.865. The van der Waals surface area contributed by atoms with Gasteiger partial charge in [-0.05, 0) is 13.0 Å². The molecule has 0 aromatic rings. The molecule has 0 aliphatic rings. The van der Waals surface area contributed by atoms with Crippen LogP contribution >= 0.6 is 0 Å². The van der Waals surface area contributed by atoms with Crippen molar-refractivity contribution in [2.75, 3.05) is 6.54 Å². The summed E-state index contributed by atoms with van der Waals surface area (Å²) in [5.41, 5.74) is 10.5. The normalized spacial score (nSPS) is 11.8. The van der Waals surface area contributed by atoms with Crippen molar-refractivity contribution >= 4 is 35.5 Å². The van der Waals surface area contributed by atoms with Crippen LogP contribution in [0.2, 0.25) is 0 Å². The number of rotatable bonds is 4. The van der Waals surface area contributed by atoms with Gasteiger partial charge in [-0.15, -0.1) is 0 Å². The molecule has 0 radical (unpaired) electrons. The van der Waals surface area contributed by atoms with E-state index in [0.717, 1.165) is 0 Å². The van der Waals surface area contributed by atoms with Crippen molar-refractivity contribution < 1.29 is 9.90 Å². The molecule has 0 bridgehead atoms. The molecule has 0 aromatic carbocycles. The number of hydrogen-bond acceptors (Lipinski definition) is 3. The van der Waals surface area contributed by atoms with E-state index in [1.54, 1.807) is 0 Å². The molecule has 5 N–H and O–H groups in total. The summed E-state index contributed by atoms with van der Waals surface area (Å²) in [6, 6.07) is -0.285. The van der Waals surface area contributed by atoms with Crippen molar-refractivity contribution in [2.45, 2.75) is 18.9 Å². The van der Waals surface area contributed by atoms with Crippen molar-refractivity contribution in [3.63, 3.8) is 0 Å². The summed E-state index contributed by atoms with van der Waals surface area (Å²) in [4.78, 5) is 9.96. The van der Waals surface area contributed by atoms with Gasteiger partial charge < -0.3 is 16.6 Å². The van der Waals surface area contributed by atoms with Crippen molar-refractivity contribution in [2.24, 2.45) is 11.5 Å². The van der Waals surface area contributed by atoms with E-state index >= 15 is 0 Å². The maximum absolute atomic E-state index is 9.96. The number of carbonyl (C=O) groups is 1. The summed E-state index contributed by atoms with van der Waals surface area (Å²) in [6.45, 7) is 0.453. The first-order valence-corrected chi connectivity index (χ1v) is 2.84. The molecule has 0 aliphatic heterocycles. The Morgan fingerprint density at radius 1 is 1.60 bits per heavy atom. The Hall–Kier alpha value is 0.390. The van der Waals surface area contributed by atoms with Crippen LogP contribution in [0.4, 0.5) is 0 Å². The summed E-state index contributed by atoms with van der Waals surface area (Å²) in [6.07, 6.45) is 0.587. The van der Waals surface area contributed by atoms with Crippen molar-refractivity contribution in [3.05, 3.63) is 0 Å². The third-order valence-corrected chi connectivity index (χ3v) is 0.974.